The van der Waals surface area contributed by atoms with Crippen molar-refractivity contribution in [2.24, 2.45) is 0 Å². The molecule has 0 unspecified atom stereocenters. The predicted octanol–water partition coefficient (Wildman–Crippen LogP) is 2.30. The third-order valence-corrected chi connectivity index (χ3v) is 0.684. The van der Waals surface area contributed by atoms with E-state index >= 15 is 0 Å². The highest BCUT2D eigenvalue weighted by molar-refractivity contribution is 5.16. The van der Waals surface area contributed by atoms with Crippen LogP contribution in [0.15, 0.2) is 36.5 Å². The van der Waals surface area contributed by atoms with Crippen LogP contribution < -0.4 is 0 Å². The summed E-state index contributed by atoms with van der Waals surface area (Å²) >= 11 is 0. The standard InChI is InChI=1S/C8H12.CH4O/c1-4-5-6-7-8(2)3;1-2/h4-7H,2H2,1,3H3;2H,1H3/b5-4-,7-6-;. The fourth-order valence-corrected chi connectivity index (χ4v) is 0.331. The summed E-state index contributed by atoms with van der Waals surface area (Å²) in [7, 11) is 1.00. The van der Waals surface area contributed by atoms with Gasteiger partial charge in [-0.15, -0.1) is 0 Å². The van der Waals surface area contributed by atoms with Crippen LogP contribution in [0.25, 0.3) is 0 Å². The second kappa shape index (κ2) is 11.0. The molecule has 0 radical (unpaired) electrons. The Labute approximate surface area is 63.4 Å². The fourth-order valence-electron chi connectivity index (χ4n) is 0.331. The molecule has 0 fully saturated rings. The Morgan fingerprint density at radius 3 is 2.10 bits per heavy atom. The molecular formula is C9H16O. The number of aliphatic hydroxyl groups is 1. The monoisotopic (exact) mass is 140 g/mol. The summed E-state index contributed by atoms with van der Waals surface area (Å²) in [6, 6.07) is 0. The second-order valence-corrected chi connectivity index (χ2v) is 1.73. The van der Waals surface area contributed by atoms with Crippen molar-refractivity contribution in [1.29, 1.82) is 0 Å². The zero-order valence-electron chi connectivity index (χ0n) is 6.96. The smallest absolute Gasteiger partial charge is 0.0319 e. The molecule has 0 aliphatic rings. The first-order valence-corrected chi connectivity index (χ1v) is 3.17. The molecule has 0 aromatic heterocycles. The van der Waals surface area contributed by atoms with Crippen molar-refractivity contribution in [3.8, 4) is 0 Å². The molecule has 0 heterocycles. The summed E-state index contributed by atoms with van der Waals surface area (Å²) in [5, 5.41) is 7.00. The van der Waals surface area contributed by atoms with Crippen LogP contribution in [0, 0.1) is 0 Å². The van der Waals surface area contributed by atoms with Crippen molar-refractivity contribution in [3.63, 3.8) is 0 Å². The molecule has 1 nitrogen and oxygen atoms in total. The summed E-state index contributed by atoms with van der Waals surface area (Å²) in [5.74, 6) is 0. The summed E-state index contributed by atoms with van der Waals surface area (Å²) in [5.41, 5.74) is 1.09. The molecule has 10 heavy (non-hydrogen) atoms. The highest BCUT2D eigenvalue weighted by Gasteiger charge is 1.66. The minimum absolute atomic E-state index is 1.00. The van der Waals surface area contributed by atoms with Crippen LogP contribution in [0.1, 0.15) is 13.8 Å². The van der Waals surface area contributed by atoms with E-state index in [0.717, 1.165) is 12.7 Å². The van der Waals surface area contributed by atoms with Gasteiger partial charge in [-0.25, -0.2) is 0 Å². The summed E-state index contributed by atoms with van der Waals surface area (Å²) in [6.07, 6.45) is 7.91. The normalized spacial score (nSPS) is 9.60. The molecule has 0 saturated heterocycles. The molecule has 0 amide bonds. The zero-order valence-corrected chi connectivity index (χ0v) is 6.96. The van der Waals surface area contributed by atoms with Gasteiger partial charge < -0.3 is 5.11 Å². The summed E-state index contributed by atoms with van der Waals surface area (Å²) < 4.78 is 0. The first-order chi connectivity index (χ1) is 4.77. The van der Waals surface area contributed by atoms with E-state index < -0.39 is 0 Å². The van der Waals surface area contributed by atoms with E-state index in [1.54, 1.807) is 0 Å². The van der Waals surface area contributed by atoms with Gasteiger partial charge in [-0.3, -0.25) is 0 Å². The van der Waals surface area contributed by atoms with E-state index in [1.807, 2.05) is 38.2 Å². The highest BCUT2D eigenvalue weighted by atomic mass is 16.2. The summed E-state index contributed by atoms with van der Waals surface area (Å²) in [4.78, 5) is 0. The van der Waals surface area contributed by atoms with Gasteiger partial charge in [0.05, 0.1) is 0 Å². The molecule has 0 atom stereocenters. The molecule has 58 valence electrons. The SMILES string of the molecule is C=C(C)/C=C\C=C/C.CO. The van der Waals surface area contributed by atoms with Crippen LogP contribution in [0.2, 0.25) is 0 Å². The molecule has 0 aromatic carbocycles. The maximum absolute atomic E-state index is 7.00. The van der Waals surface area contributed by atoms with E-state index in [4.69, 9.17) is 5.11 Å². The molecule has 0 rings (SSSR count). The van der Waals surface area contributed by atoms with Gasteiger partial charge in [-0.05, 0) is 13.8 Å². The van der Waals surface area contributed by atoms with Gasteiger partial charge in [-0.2, -0.15) is 0 Å². The minimum Gasteiger partial charge on any atom is -0.400 e. The lowest BCUT2D eigenvalue weighted by atomic mass is 10.3. The Balaban J connectivity index is 0. The molecule has 0 saturated carbocycles. The maximum atomic E-state index is 7.00. The molecular weight excluding hydrogens is 124 g/mol. The first-order valence-electron chi connectivity index (χ1n) is 3.17. The Hall–Kier alpha value is -0.820. The van der Waals surface area contributed by atoms with E-state index in [1.165, 1.54) is 0 Å². The van der Waals surface area contributed by atoms with Crippen molar-refractivity contribution in [1.82, 2.24) is 0 Å². The molecule has 0 aliphatic carbocycles. The molecule has 1 N–H and O–H groups in total. The van der Waals surface area contributed by atoms with Crippen molar-refractivity contribution in [2.45, 2.75) is 13.8 Å². The Morgan fingerprint density at radius 1 is 1.30 bits per heavy atom. The lowest BCUT2D eigenvalue weighted by Crippen LogP contribution is -1.56. The third-order valence-electron chi connectivity index (χ3n) is 0.684. The lowest BCUT2D eigenvalue weighted by Gasteiger charge is -1.78. The fraction of sp³-hybridized carbons (Fsp3) is 0.333. The van der Waals surface area contributed by atoms with Crippen molar-refractivity contribution < 1.29 is 5.11 Å². The molecule has 1 heteroatoms. The van der Waals surface area contributed by atoms with E-state index in [9.17, 15) is 0 Å². The van der Waals surface area contributed by atoms with E-state index in [-0.39, 0.29) is 0 Å². The summed E-state index contributed by atoms with van der Waals surface area (Å²) in [6.45, 7) is 7.67. The van der Waals surface area contributed by atoms with Gasteiger partial charge in [0.15, 0.2) is 0 Å². The van der Waals surface area contributed by atoms with Crippen molar-refractivity contribution >= 4 is 0 Å². The van der Waals surface area contributed by atoms with Gasteiger partial charge >= 0.3 is 0 Å². The largest absolute Gasteiger partial charge is 0.400 e. The van der Waals surface area contributed by atoms with Gasteiger partial charge in [0.2, 0.25) is 0 Å². The van der Waals surface area contributed by atoms with Crippen LogP contribution in [0.5, 0.6) is 0 Å². The second-order valence-electron chi connectivity index (χ2n) is 1.73. The van der Waals surface area contributed by atoms with Crippen LogP contribution >= 0.6 is 0 Å². The van der Waals surface area contributed by atoms with Crippen LogP contribution in [0.3, 0.4) is 0 Å². The highest BCUT2D eigenvalue weighted by Crippen LogP contribution is 1.88. The van der Waals surface area contributed by atoms with Crippen molar-refractivity contribution in [3.05, 3.63) is 36.5 Å². The Kier molecular flexibility index (Phi) is 13.2. The van der Waals surface area contributed by atoms with E-state index in [0.29, 0.717) is 0 Å². The van der Waals surface area contributed by atoms with Crippen LogP contribution in [-0.4, -0.2) is 12.2 Å². The molecule has 0 aliphatic heterocycles. The number of hydrogen-bond donors (Lipinski definition) is 1. The maximum Gasteiger partial charge on any atom is 0.0319 e. The number of hydrogen-bond acceptors (Lipinski definition) is 1. The molecule has 0 spiro atoms. The quantitative estimate of drug-likeness (QED) is 0.583. The predicted molar refractivity (Wildman–Crippen MR) is 46.9 cm³/mol. The number of aliphatic hydroxyl groups excluding tert-OH is 1. The van der Waals surface area contributed by atoms with Crippen molar-refractivity contribution in [2.75, 3.05) is 7.11 Å². The molecule has 0 bridgehead atoms. The Bertz CT molecular complexity index is 121. The average Bonchev–Trinajstić information content (AvgIpc) is 1.92. The van der Waals surface area contributed by atoms with Crippen LogP contribution in [0.4, 0.5) is 0 Å². The minimum atomic E-state index is 1.00. The van der Waals surface area contributed by atoms with Crippen LogP contribution in [-0.2, 0) is 0 Å². The Morgan fingerprint density at radius 2 is 1.80 bits per heavy atom. The van der Waals surface area contributed by atoms with Gasteiger partial charge in [-0.1, -0.05) is 36.5 Å². The van der Waals surface area contributed by atoms with Gasteiger partial charge in [0.25, 0.3) is 0 Å². The van der Waals surface area contributed by atoms with Gasteiger partial charge in [0.1, 0.15) is 0 Å². The third kappa shape index (κ3) is 15.7. The zero-order chi connectivity index (χ0) is 8.41. The van der Waals surface area contributed by atoms with E-state index in [2.05, 4.69) is 6.58 Å². The lowest BCUT2D eigenvalue weighted by molar-refractivity contribution is 0.399. The van der Waals surface area contributed by atoms with Gasteiger partial charge in [0, 0.05) is 7.11 Å². The molecule has 0 aromatic rings. The number of rotatable bonds is 2. The average molecular weight is 140 g/mol. The number of allylic oxidation sites excluding steroid dienone is 5. The topological polar surface area (TPSA) is 20.2 Å². The first kappa shape index (κ1) is 11.9.